The first kappa shape index (κ1) is 12.7. The molecule has 0 heterocycles. The molecule has 0 spiro atoms. The molecule has 0 radical (unpaired) electrons. The molecule has 7 heteroatoms. The third-order valence-corrected chi connectivity index (χ3v) is 2.39. The molecule has 1 aromatic carbocycles. The van der Waals surface area contributed by atoms with Crippen LogP contribution in [0, 0.1) is 24.4 Å². The number of alkyl halides is 3. The highest BCUT2D eigenvalue weighted by Gasteiger charge is 2.34. The van der Waals surface area contributed by atoms with E-state index in [2.05, 4.69) is 0 Å². The average Bonchev–Trinajstić information content (AvgIpc) is 2.09. The van der Waals surface area contributed by atoms with Gasteiger partial charge in [-0.1, -0.05) is 34.8 Å². The lowest BCUT2D eigenvalue weighted by Crippen LogP contribution is -2.10. The normalized spacial score (nSPS) is 11.9. The van der Waals surface area contributed by atoms with Crippen molar-refractivity contribution in [3.63, 3.8) is 0 Å². The fourth-order valence-electron chi connectivity index (χ4n) is 1.09. The van der Waals surface area contributed by atoms with Gasteiger partial charge < -0.3 is 5.11 Å². The molecule has 0 aliphatic rings. The number of hydrogen-bond acceptors (Lipinski definition) is 1. The summed E-state index contributed by atoms with van der Waals surface area (Å²) in [6, 6.07) is 0. The van der Waals surface area contributed by atoms with E-state index in [1.54, 1.807) is 0 Å². The van der Waals surface area contributed by atoms with Gasteiger partial charge in [0.25, 0.3) is 0 Å². The molecular weight excluding hydrogens is 275 g/mol. The number of phenolic OH excluding ortho intramolecular Hbond substituents is 1. The highest BCUT2D eigenvalue weighted by atomic mass is 35.6. The van der Waals surface area contributed by atoms with Crippen molar-refractivity contribution in [2.75, 3.05) is 0 Å². The van der Waals surface area contributed by atoms with E-state index in [0.717, 1.165) is 6.92 Å². The first-order valence-corrected chi connectivity index (χ1v) is 4.74. The lowest BCUT2D eigenvalue weighted by Gasteiger charge is -2.17. The van der Waals surface area contributed by atoms with Crippen LogP contribution in [0.25, 0.3) is 0 Å². The first-order chi connectivity index (χ1) is 6.68. The van der Waals surface area contributed by atoms with Gasteiger partial charge >= 0.3 is 0 Å². The predicted molar refractivity (Wildman–Crippen MR) is 52.0 cm³/mol. The summed E-state index contributed by atoms with van der Waals surface area (Å²) in [6.45, 7) is 1.11. The van der Waals surface area contributed by atoms with E-state index in [1.165, 1.54) is 0 Å². The van der Waals surface area contributed by atoms with Crippen molar-refractivity contribution in [2.24, 2.45) is 0 Å². The molecule has 0 aliphatic heterocycles. The van der Waals surface area contributed by atoms with Crippen LogP contribution in [0.3, 0.4) is 0 Å². The SMILES string of the molecule is Cc1c(O)c(F)c(F)c(F)c1C(Cl)(Cl)Cl. The summed E-state index contributed by atoms with van der Waals surface area (Å²) >= 11 is 16.1. The van der Waals surface area contributed by atoms with Gasteiger partial charge in [-0.15, -0.1) is 0 Å². The Hall–Kier alpha value is -0.320. The van der Waals surface area contributed by atoms with Gasteiger partial charge in [0.05, 0.1) is 0 Å². The lowest BCUT2D eigenvalue weighted by molar-refractivity contribution is 0.380. The maximum Gasteiger partial charge on any atom is 0.219 e. The van der Waals surface area contributed by atoms with Gasteiger partial charge in [-0.05, 0) is 6.92 Å². The quantitative estimate of drug-likeness (QED) is 0.563. The van der Waals surface area contributed by atoms with Crippen LogP contribution in [0.5, 0.6) is 5.75 Å². The second kappa shape index (κ2) is 3.92. The second-order valence-electron chi connectivity index (χ2n) is 2.79. The standard InChI is InChI=1S/C8H4Cl3F3O/c1-2-3(8(9,10)11)4(12)5(13)6(14)7(2)15/h15H,1H3. The van der Waals surface area contributed by atoms with Crippen LogP contribution in [-0.2, 0) is 3.79 Å². The maximum absolute atomic E-state index is 13.2. The fraction of sp³-hybridized carbons (Fsp3) is 0.250. The summed E-state index contributed by atoms with van der Waals surface area (Å²) < 4.78 is 36.6. The predicted octanol–water partition coefficient (Wildman–Crippen LogP) is 3.94. The molecule has 0 amide bonds. The maximum atomic E-state index is 13.2. The van der Waals surface area contributed by atoms with Crippen LogP contribution in [0.2, 0.25) is 0 Å². The largest absolute Gasteiger partial charge is 0.505 e. The van der Waals surface area contributed by atoms with Crippen molar-refractivity contribution in [2.45, 2.75) is 10.7 Å². The molecule has 15 heavy (non-hydrogen) atoms. The molecule has 0 saturated carbocycles. The molecule has 0 aliphatic carbocycles. The zero-order valence-electron chi connectivity index (χ0n) is 7.22. The Kier molecular flexibility index (Phi) is 3.33. The van der Waals surface area contributed by atoms with Crippen LogP contribution < -0.4 is 0 Å². The minimum Gasteiger partial charge on any atom is -0.505 e. The molecule has 0 saturated heterocycles. The van der Waals surface area contributed by atoms with Gasteiger partial charge in [0.15, 0.2) is 17.4 Å². The summed E-state index contributed by atoms with van der Waals surface area (Å²) in [5, 5.41) is 9.10. The Morgan fingerprint density at radius 2 is 1.47 bits per heavy atom. The molecule has 0 unspecified atom stereocenters. The lowest BCUT2D eigenvalue weighted by atomic mass is 10.1. The van der Waals surface area contributed by atoms with Crippen molar-refractivity contribution in [1.29, 1.82) is 0 Å². The summed E-state index contributed by atoms with van der Waals surface area (Å²) in [7, 11) is 0. The van der Waals surface area contributed by atoms with Crippen molar-refractivity contribution < 1.29 is 18.3 Å². The average molecular weight is 279 g/mol. The Morgan fingerprint density at radius 3 is 1.87 bits per heavy atom. The van der Waals surface area contributed by atoms with Gasteiger partial charge in [-0.3, -0.25) is 0 Å². The van der Waals surface area contributed by atoms with Crippen molar-refractivity contribution in [1.82, 2.24) is 0 Å². The Labute approximate surface area is 98.4 Å². The van der Waals surface area contributed by atoms with E-state index >= 15 is 0 Å². The zero-order valence-corrected chi connectivity index (χ0v) is 9.48. The van der Waals surface area contributed by atoms with Gasteiger partial charge in [-0.25, -0.2) is 8.78 Å². The third kappa shape index (κ3) is 2.12. The van der Waals surface area contributed by atoms with Gasteiger partial charge in [0.1, 0.15) is 0 Å². The Morgan fingerprint density at radius 1 is 1.00 bits per heavy atom. The number of hydrogen-bond donors (Lipinski definition) is 1. The fourth-order valence-corrected chi connectivity index (χ4v) is 1.77. The minimum atomic E-state index is -2.28. The number of phenols is 1. The van der Waals surface area contributed by atoms with Gasteiger partial charge in [0, 0.05) is 11.1 Å². The van der Waals surface area contributed by atoms with Crippen molar-refractivity contribution in [3.05, 3.63) is 28.6 Å². The molecule has 1 nitrogen and oxygen atoms in total. The number of halogens is 6. The highest BCUT2D eigenvalue weighted by molar-refractivity contribution is 6.66. The second-order valence-corrected chi connectivity index (χ2v) is 5.07. The molecule has 0 bridgehead atoms. The van der Waals surface area contributed by atoms with E-state index in [4.69, 9.17) is 39.9 Å². The van der Waals surface area contributed by atoms with Crippen LogP contribution >= 0.6 is 34.8 Å². The first-order valence-electron chi connectivity index (χ1n) is 3.61. The van der Waals surface area contributed by atoms with Gasteiger partial charge in [0.2, 0.25) is 9.61 Å². The Bertz CT molecular complexity index is 386. The van der Waals surface area contributed by atoms with Crippen LogP contribution in [0.15, 0.2) is 0 Å². The molecule has 1 N–H and O–H groups in total. The highest BCUT2D eigenvalue weighted by Crippen LogP contribution is 2.44. The van der Waals surface area contributed by atoms with Crippen LogP contribution in [-0.4, -0.2) is 5.11 Å². The van der Waals surface area contributed by atoms with Gasteiger partial charge in [-0.2, -0.15) is 4.39 Å². The summed E-state index contributed by atoms with van der Waals surface area (Å²) in [4.78, 5) is 0. The topological polar surface area (TPSA) is 20.2 Å². The van der Waals surface area contributed by atoms with E-state index in [-0.39, 0.29) is 5.56 Å². The molecule has 84 valence electrons. The number of rotatable bonds is 0. The van der Waals surface area contributed by atoms with Crippen LogP contribution in [0.4, 0.5) is 13.2 Å². The molecule has 1 rings (SSSR count). The van der Waals surface area contributed by atoms with Crippen molar-refractivity contribution in [3.8, 4) is 5.75 Å². The van der Waals surface area contributed by atoms with E-state index in [0.29, 0.717) is 0 Å². The van der Waals surface area contributed by atoms with Crippen LogP contribution in [0.1, 0.15) is 11.1 Å². The van der Waals surface area contributed by atoms with E-state index in [1.807, 2.05) is 0 Å². The zero-order chi connectivity index (χ0) is 12.0. The smallest absolute Gasteiger partial charge is 0.219 e. The van der Waals surface area contributed by atoms with E-state index in [9.17, 15) is 13.2 Å². The molecular formula is C8H4Cl3F3O. The molecule has 0 aromatic heterocycles. The molecule has 0 atom stereocenters. The molecule has 0 fully saturated rings. The molecule has 1 aromatic rings. The van der Waals surface area contributed by atoms with Crippen molar-refractivity contribution >= 4 is 34.8 Å². The number of aromatic hydroxyl groups is 1. The minimum absolute atomic E-state index is 0.355. The monoisotopic (exact) mass is 278 g/mol. The summed E-state index contributed by atoms with van der Waals surface area (Å²) in [6.07, 6.45) is 0. The number of benzene rings is 1. The van der Waals surface area contributed by atoms with E-state index < -0.39 is 32.6 Å². The third-order valence-electron chi connectivity index (χ3n) is 1.83. The Balaban J connectivity index is 3.68. The summed E-state index contributed by atoms with van der Waals surface area (Å²) in [5.41, 5.74) is -1.06. The summed E-state index contributed by atoms with van der Waals surface area (Å²) in [5.74, 6) is -6.28.